The SMILES string of the molecule is CCC1O[C@@H](O[C@@H]2C(O)[C@H](C)OC(C)[C@@H]2C)C(OCc2ccccc2)[C@@H](OCc2ccccc2)[C@@H]1C. The maximum atomic E-state index is 11.0. The van der Waals surface area contributed by atoms with Crippen molar-refractivity contribution in [1.29, 1.82) is 0 Å². The topological polar surface area (TPSA) is 66.4 Å². The van der Waals surface area contributed by atoms with Gasteiger partial charge >= 0.3 is 0 Å². The number of hydrogen-bond donors (Lipinski definition) is 1. The van der Waals surface area contributed by atoms with E-state index in [2.05, 4.69) is 32.9 Å². The number of ether oxygens (including phenoxy) is 5. The van der Waals surface area contributed by atoms with Gasteiger partial charge in [-0.3, -0.25) is 0 Å². The lowest BCUT2D eigenvalue weighted by atomic mass is 9.87. The number of benzene rings is 2. The van der Waals surface area contributed by atoms with Gasteiger partial charge < -0.3 is 28.8 Å². The molecule has 0 spiro atoms. The second kappa shape index (κ2) is 12.6. The molecule has 10 atom stereocenters. The minimum absolute atomic E-state index is 0.00214. The van der Waals surface area contributed by atoms with Crippen LogP contribution in [0.5, 0.6) is 0 Å². The Balaban J connectivity index is 1.58. The van der Waals surface area contributed by atoms with E-state index in [0.29, 0.717) is 13.2 Å². The average molecular weight is 499 g/mol. The van der Waals surface area contributed by atoms with E-state index >= 15 is 0 Å². The molecule has 6 nitrogen and oxygen atoms in total. The predicted octanol–water partition coefficient (Wildman–Crippen LogP) is 5.12. The summed E-state index contributed by atoms with van der Waals surface area (Å²) >= 11 is 0. The summed E-state index contributed by atoms with van der Waals surface area (Å²) in [5.74, 6) is 0.104. The molecular formula is C30H42O6. The maximum absolute atomic E-state index is 11.0. The molecule has 0 aliphatic carbocycles. The van der Waals surface area contributed by atoms with Crippen LogP contribution in [0.3, 0.4) is 0 Å². The van der Waals surface area contributed by atoms with E-state index in [-0.39, 0.29) is 36.3 Å². The molecule has 1 N–H and O–H groups in total. The molecule has 0 radical (unpaired) electrons. The van der Waals surface area contributed by atoms with Crippen LogP contribution in [0.15, 0.2) is 60.7 Å². The Morgan fingerprint density at radius 3 is 1.81 bits per heavy atom. The summed E-state index contributed by atoms with van der Waals surface area (Å²) in [7, 11) is 0. The highest BCUT2D eigenvalue weighted by Gasteiger charge is 2.49. The van der Waals surface area contributed by atoms with Gasteiger partial charge in [0, 0.05) is 11.8 Å². The fourth-order valence-corrected chi connectivity index (χ4v) is 5.32. The second-order valence-corrected chi connectivity index (χ2v) is 10.3. The molecule has 4 rings (SSSR count). The lowest BCUT2D eigenvalue weighted by Gasteiger charge is -2.48. The van der Waals surface area contributed by atoms with Crippen molar-refractivity contribution in [3.8, 4) is 0 Å². The van der Waals surface area contributed by atoms with Gasteiger partial charge in [-0.1, -0.05) is 81.4 Å². The summed E-state index contributed by atoms with van der Waals surface area (Å²) in [6, 6.07) is 20.3. The summed E-state index contributed by atoms with van der Waals surface area (Å²) in [6.45, 7) is 11.1. The first-order valence-electron chi connectivity index (χ1n) is 13.3. The Morgan fingerprint density at radius 1 is 0.694 bits per heavy atom. The molecule has 4 unspecified atom stereocenters. The van der Waals surface area contributed by atoms with Crippen LogP contribution in [0.4, 0.5) is 0 Å². The first-order valence-corrected chi connectivity index (χ1v) is 13.3. The van der Waals surface area contributed by atoms with E-state index in [4.69, 9.17) is 23.7 Å². The summed E-state index contributed by atoms with van der Waals surface area (Å²) < 4.78 is 32.1. The molecule has 2 aliphatic rings. The Bertz CT molecular complexity index is 894. The van der Waals surface area contributed by atoms with Gasteiger partial charge in [-0.15, -0.1) is 0 Å². The number of aliphatic hydroxyl groups is 1. The second-order valence-electron chi connectivity index (χ2n) is 10.3. The largest absolute Gasteiger partial charge is 0.388 e. The molecular weight excluding hydrogens is 456 g/mol. The van der Waals surface area contributed by atoms with Crippen LogP contribution >= 0.6 is 0 Å². The molecule has 0 bridgehead atoms. The molecule has 0 saturated carbocycles. The number of aliphatic hydroxyl groups excluding tert-OH is 1. The van der Waals surface area contributed by atoms with Crippen LogP contribution in [-0.2, 0) is 36.9 Å². The smallest absolute Gasteiger partial charge is 0.187 e. The normalized spacial score (nSPS) is 37.1. The molecule has 2 heterocycles. The number of hydrogen-bond acceptors (Lipinski definition) is 6. The summed E-state index contributed by atoms with van der Waals surface area (Å²) in [4.78, 5) is 0. The molecule has 6 heteroatoms. The van der Waals surface area contributed by atoms with Crippen LogP contribution in [-0.4, -0.2) is 54.1 Å². The third-order valence-corrected chi connectivity index (χ3v) is 7.78. The fraction of sp³-hybridized carbons (Fsp3) is 0.600. The first kappa shape index (κ1) is 27.2. The van der Waals surface area contributed by atoms with Crippen molar-refractivity contribution in [2.75, 3.05) is 0 Å². The van der Waals surface area contributed by atoms with Gasteiger partial charge in [-0.05, 0) is 31.4 Å². The standard InChI is InChI=1S/C30H42O6/c1-6-25-20(3)28(32-17-23-13-9-7-10-14-23)29(33-18-24-15-11-8-12-16-24)30(35-25)36-27-19(2)21(4)34-22(5)26(27)31/h7-16,19-22,25-31H,6,17-18H2,1-5H3/t19-,20+,21?,22-,25?,26?,27-,28-,29?,30-/m0/s1. The average Bonchev–Trinajstić information content (AvgIpc) is 2.90. The fourth-order valence-electron chi connectivity index (χ4n) is 5.32. The van der Waals surface area contributed by atoms with Crippen LogP contribution in [0.1, 0.15) is 52.2 Å². The van der Waals surface area contributed by atoms with Gasteiger partial charge in [0.25, 0.3) is 0 Å². The van der Waals surface area contributed by atoms with Crippen LogP contribution < -0.4 is 0 Å². The van der Waals surface area contributed by atoms with E-state index < -0.39 is 24.6 Å². The zero-order valence-electron chi connectivity index (χ0n) is 22.2. The van der Waals surface area contributed by atoms with E-state index in [9.17, 15) is 5.11 Å². The minimum atomic E-state index is -0.752. The molecule has 0 aromatic heterocycles. The van der Waals surface area contributed by atoms with Gasteiger partial charge in [0.05, 0.1) is 43.7 Å². The summed E-state index contributed by atoms with van der Waals surface area (Å²) in [6.07, 6.45) is -2.12. The Labute approximate surface area is 215 Å². The lowest BCUT2D eigenvalue weighted by Crippen LogP contribution is -2.60. The van der Waals surface area contributed by atoms with Crippen LogP contribution in [0.2, 0.25) is 0 Å². The molecule has 2 aromatic carbocycles. The molecule has 198 valence electrons. The highest BCUT2D eigenvalue weighted by atomic mass is 16.7. The van der Waals surface area contributed by atoms with E-state index in [1.807, 2.05) is 62.4 Å². The quantitative estimate of drug-likeness (QED) is 0.518. The Kier molecular flexibility index (Phi) is 9.56. The van der Waals surface area contributed by atoms with Crippen molar-refractivity contribution in [2.45, 2.75) is 103 Å². The molecule has 2 aliphatic heterocycles. The molecule has 36 heavy (non-hydrogen) atoms. The zero-order valence-corrected chi connectivity index (χ0v) is 22.2. The van der Waals surface area contributed by atoms with E-state index in [1.165, 1.54) is 0 Å². The van der Waals surface area contributed by atoms with Crippen molar-refractivity contribution in [3.63, 3.8) is 0 Å². The van der Waals surface area contributed by atoms with Gasteiger partial charge in [0.1, 0.15) is 12.2 Å². The van der Waals surface area contributed by atoms with Crippen LogP contribution in [0, 0.1) is 11.8 Å². The lowest BCUT2D eigenvalue weighted by molar-refractivity contribution is -0.336. The van der Waals surface area contributed by atoms with Crippen molar-refractivity contribution in [3.05, 3.63) is 71.8 Å². The first-order chi connectivity index (χ1) is 17.4. The van der Waals surface area contributed by atoms with Crippen molar-refractivity contribution >= 4 is 0 Å². The van der Waals surface area contributed by atoms with Crippen molar-refractivity contribution in [2.24, 2.45) is 11.8 Å². The van der Waals surface area contributed by atoms with E-state index in [0.717, 1.165) is 17.5 Å². The Morgan fingerprint density at radius 2 is 1.25 bits per heavy atom. The summed E-state index contributed by atoms with van der Waals surface area (Å²) in [5, 5.41) is 11.0. The summed E-state index contributed by atoms with van der Waals surface area (Å²) in [5.41, 5.74) is 2.18. The molecule has 2 aromatic rings. The molecule has 2 fully saturated rings. The van der Waals surface area contributed by atoms with E-state index in [1.54, 1.807) is 0 Å². The van der Waals surface area contributed by atoms with Gasteiger partial charge in [-0.25, -0.2) is 0 Å². The highest BCUT2D eigenvalue weighted by Crippen LogP contribution is 2.37. The third-order valence-electron chi connectivity index (χ3n) is 7.78. The van der Waals surface area contributed by atoms with Gasteiger partial charge in [0.2, 0.25) is 0 Å². The maximum Gasteiger partial charge on any atom is 0.187 e. The van der Waals surface area contributed by atoms with Crippen molar-refractivity contribution < 1.29 is 28.8 Å². The minimum Gasteiger partial charge on any atom is -0.388 e. The highest BCUT2D eigenvalue weighted by molar-refractivity contribution is 5.14. The van der Waals surface area contributed by atoms with Crippen molar-refractivity contribution in [1.82, 2.24) is 0 Å². The third kappa shape index (κ3) is 6.36. The van der Waals surface area contributed by atoms with Crippen LogP contribution in [0.25, 0.3) is 0 Å². The Hall–Kier alpha value is -1.80. The predicted molar refractivity (Wildman–Crippen MR) is 138 cm³/mol. The number of rotatable bonds is 9. The molecule has 0 amide bonds. The van der Waals surface area contributed by atoms with Gasteiger partial charge in [-0.2, -0.15) is 0 Å². The monoisotopic (exact) mass is 498 g/mol. The zero-order chi connectivity index (χ0) is 25.7. The van der Waals surface area contributed by atoms with Gasteiger partial charge in [0.15, 0.2) is 6.29 Å². The molecule has 2 saturated heterocycles.